The van der Waals surface area contributed by atoms with Gasteiger partial charge in [-0.3, -0.25) is 4.79 Å². The molecule has 0 aromatic heterocycles. The summed E-state index contributed by atoms with van der Waals surface area (Å²) in [5.41, 5.74) is 0.684. The Labute approximate surface area is 131 Å². The molecule has 0 aliphatic heterocycles. The molecular formula is C16H12ClF2NO2. The average molecular weight is 324 g/mol. The summed E-state index contributed by atoms with van der Waals surface area (Å²) < 4.78 is 32.3. The van der Waals surface area contributed by atoms with Gasteiger partial charge in [0, 0.05) is 22.3 Å². The molecule has 2 rings (SSSR count). The minimum Gasteiger partial charge on any atom is -0.486 e. The van der Waals surface area contributed by atoms with Crippen LogP contribution in [0.3, 0.4) is 0 Å². The number of ether oxygens (including phenoxy) is 1. The molecule has 0 bridgehead atoms. The zero-order valence-electron chi connectivity index (χ0n) is 11.4. The third kappa shape index (κ3) is 4.05. The Balaban J connectivity index is 2.08. The summed E-state index contributed by atoms with van der Waals surface area (Å²) in [4.78, 5) is 11.1. The molecule has 0 spiro atoms. The summed E-state index contributed by atoms with van der Waals surface area (Å²) >= 11 is 5.90. The van der Waals surface area contributed by atoms with Crippen LogP contribution in [0.5, 0.6) is 5.75 Å². The highest BCUT2D eigenvalue weighted by molar-refractivity contribution is 6.31. The summed E-state index contributed by atoms with van der Waals surface area (Å²) in [5.74, 6) is -1.59. The van der Waals surface area contributed by atoms with Gasteiger partial charge >= 0.3 is 0 Å². The number of anilines is 1. The summed E-state index contributed by atoms with van der Waals surface area (Å²) in [6, 6.07) is 7.81. The van der Waals surface area contributed by atoms with Gasteiger partial charge in [0.05, 0.1) is 0 Å². The molecule has 0 aliphatic rings. The Kier molecular flexibility index (Phi) is 5.12. The van der Waals surface area contributed by atoms with Crippen molar-refractivity contribution in [3.8, 4) is 5.75 Å². The van der Waals surface area contributed by atoms with E-state index < -0.39 is 17.5 Å². The molecule has 2 aromatic rings. The van der Waals surface area contributed by atoms with Crippen molar-refractivity contribution in [2.24, 2.45) is 0 Å². The first-order chi connectivity index (χ1) is 10.5. The van der Waals surface area contributed by atoms with Crippen LogP contribution in [-0.4, -0.2) is 5.91 Å². The van der Waals surface area contributed by atoms with E-state index in [-0.39, 0.29) is 18.0 Å². The lowest BCUT2D eigenvalue weighted by Gasteiger charge is -2.10. The van der Waals surface area contributed by atoms with E-state index in [1.165, 1.54) is 30.3 Å². The SMILES string of the molecule is C=CC(=O)Nc1ccc(OCc2cc(F)ccc2Cl)c(F)c1. The van der Waals surface area contributed by atoms with Crippen LogP contribution >= 0.6 is 11.6 Å². The number of carbonyl (C=O) groups is 1. The van der Waals surface area contributed by atoms with Crippen LogP contribution in [0.4, 0.5) is 14.5 Å². The zero-order chi connectivity index (χ0) is 16.1. The molecule has 0 radical (unpaired) electrons. The highest BCUT2D eigenvalue weighted by atomic mass is 35.5. The molecule has 0 aliphatic carbocycles. The molecular weight excluding hydrogens is 312 g/mol. The van der Waals surface area contributed by atoms with Crippen molar-refractivity contribution in [2.45, 2.75) is 6.61 Å². The van der Waals surface area contributed by atoms with E-state index in [0.717, 1.165) is 12.1 Å². The van der Waals surface area contributed by atoms with E-state index in [1.807, 2.05) is 0 Å². The molecule has 0 saturated carbocycles. The first-order valence-corrected chi connectivity index (χ1v) is 6.67. The van der Waals surface area contributed by atoms with E-state index in [1.54, 1.807) is 0 Å². The quantitative estimate of drug-likeness (QED) is 0.832. The van der Waals surface area contributed by atoms with E-state index in [9.17, 15) is 13.6 Å². The number of hydrogen-bond acceptors (Lipinski definition) is 2. The van der Waals surface area contributed by atoms with Crippen molar-refractivity contribution in [3.63, 3.8) is 0 Å². The lowest BCUT2D eigenvalue weighted by molar-refractivity contribution is -0.111. The average Bonchev–Trinajstić information content (AvgIpc) is 2.49. The lowest BCUT2D eigenvalue weighted by atomic mass is 10.2. The zero-order valence-corrected chi connectivity index (χ0v) is 12.2. The second kappa shape index (κ2) is 7.04. The van der Waals surface area contributed by atoms with Crippen LogP contribution < -0.4 is 10.1 Å². The van der Waals surface area contributed by atoms with Gasteiger partial charge in [0.15, 0.2) is 11.6 Å². The van der Waals surface area contributed by atoms with E-state index in [2.05, 4.69) is 11.9 Å². The third-order valence-electron chi connectivity index (χ3n) is 2.78. The Morgan fingerprint density at radius 1 is 1.27 bits per heavy atom. The van der Waals surface area contributed by atoms with Gasteiger partial charge in [0.25, 0.3) is 0 Å². The van der Waals surface area contributed by atoms with Crippen LogP contribution in [-0.2, 0) is 11.4 Å². The van der Waals surface area contributed by atoms with Gasteiger partial charge in [-0.2, -0.15) is 0 Å². The molecule has 3 nitrogen and oxygen atoms in total. The van der Waals surface area contributed by atoms with Crippen LogP contribution in [0, 0.1) is 11.6 Å². The molecule has 1 N–H and O–H groups in total. The summed E-state index contributed by atoms with van der Waals surface area (Å²) in [6.07, 6.45) is 1.08. The Bertz CT molecular complexity index is 719. The van der Waals surface area contributed by atoms with Crippen LogP contribution in [0.1, 0.15) is 5.56 Å². The molecule has 2 aromatic carbocycles. The van der Waals surface area contributed by atoms with E-state index in [4.69, 9.17) is 16.3 Å². The lowest BCUT2D eigenvalue weighted by Crippen LogP contribution is -2.07. The maximum atomic E-state index is 13.9. The Morgan fingerprint density at radius 2 is 2.05 bits per heavy atom. The molecule has 0 saturated heterocycles. The normalized spacial score (nSPS) is 10.1. The number of benzene rings is 2. The van der Waals surface area contributed by atoms with Gasteiger partial charge in [0.2, 0.25) is 5.91 Å². The largest absolute Gasteiger partial charge is 0.486 e. The van der Waals surface area contributed by atoms with Gasteiger partial charge in [-0.1, -0.05) is 18.2 Å². The first-order valence-electron chi connectivity index (χ1n) is 6.29. The van der Waals surface area contributed by atoms with Crippen molar-refractivity contribution < 1.29 is 18.3 Å². The van der Waals surface area contributed by atoms with E-state index in [0.29, 0.717) is 10.6 Å². The fourth-order valence-corrected chi connectivity index (χ4v) is 1.87. The predicted octanol–water partition coefficient (Wildman–Crippen LogP) is 4.32. The van der Waals surface area contributed by atoms with Gasteiger partial charge in [-0.05, 0) is 36.4 Å². The maximum Gasteiger partial charge on any atom is 0.247 e. The molecule has 1 amide bonds. The molecule has 22 heavy (non-hydrogen) atoms. The predicted molar refractivity (Wildman–Crippen MR) is 81.0 cm³/mol. The fourth-order valence-electron chi connectivity index (χ4n) is 1.70. The van der Waals surface area contributed by atoms with Crippen LogP contribution in [0.25, 0.3) is 0 Å². The van der Waals surface area contributed by atoms with Gasteiger partial charge < -0.3 is 10.1 Å². The molecule has 6 heteroatoms. The maximum absolute atomic E-state index is 13.9. The number of carbonyl (C=O) groups excluding carboxylic acids is 1. The summed E-state index contributed by atoms with van der Waals surface area (Å²) in [7, 11) is 0. The minimum absolute atomic E-state index is 0.0306. The molecule has 0 fully saturated rings. The highest BCUT2D eigenvalue weighted by Crippen LogP contribution is 2.24. The monoisotopic (exact) mass is 323 g/mol. The van der Waals surface area contributed by atoms with Crippen molar-refractivity contribution in [3.05, 3.63) is 71.3 Å². The van der Waals surface area contributed by atoms with Crippen LogP contribution in [0.2, 0.25) is 5.02 Å². The van der Waals surface area contributed by atoms with Gasteiger partial charge in [0.1, 0.15) is 12.4 Å². The molecule has 0 unspecified atom stereocenters. The number of hydrogen-bond donors (Lipinski definition) is 1. The Hall–Kier alpha value is -2.40. The highest BCUT2D eigenvalue weighted by Gasteiger charge is 2.08. The summed E-state index contributed by atoms with van der Waals surface area (Å²) in [5, 5.41) is 2.76. The van der Waals surface area contributed by atoms with E-state index >= 15 is 0 Å². The topological polar surface area (TPSA) is 38.3 Å². The van der Waals surface area contributed by atoms with Gasteiger partial charge in [-0.25, -0.2) is 8.78 Å². The van der Waals surface area contributed by atoms with Crippen molar-refractivity contribution in [1.29, 1.82) is 0 Å². The fraction of sp³-hybridized carbons (Fsp3) is 0.0625. The minimum atomic E-state index is -0.658. The number of nitrogens with one attached hydrogen (secondary N) is 1. The number of rotatable bonds is 5. The number of halogens is 3. The third-order valence-corrected chi connectivity index (χ3v) is 3.14. The first kappa shape index (κ1) is 16.0. The second-order valence-corrected chi connectivity index (χ2v) is 4.77. The van der Waals surface area contributed by atoms with Crippen molar-refractivity contribution in [1.82, 2.24) is 0 Å². The van der Waals surface area contributed by atoms with Gasteiger partial charge in [-0.15, -0.1) is 0 Å². The number of amides is 1. The Morgan fingerprint density at radius 3 is 2.73 bits per heavy atom. The van der Waals surface area contributed by atoms with Crippen LogP contribution in [0.15, 0.2) is 49.1 Å². The molecule has 114 valence electrons. The summed E-state index contributed by atoms with van der Waals surface area (Å²) in [6.45, 7) is 3.22. The second-order valence-electron chi connectivity index (χ2n) is 4.36. The molecule has 0 heterocycles. The van der Waals surface area contributed by atoms with Crippen molar-refractivity contribution >= 4 is 23.2 Å². The molecule has 0 atom stereocenters. The standard InChI is InChI=1S/C16H12ClF2NO2/c1-2-16(21)20-12-4-6-15(14(19)8-12)22-9-10-7-11(18)3-5-13(10)17/h2-8H,1,9H2,(H,20,21). The van der Waals surface area contributed by atoms with Crippen molar-refractivity contribution in [2.75, 3.05) is 5.32 Å². The smallest absolute Gasteiger partial charge is 0.247 e.